The molecule has 132 valence electrons. The third-order valence-corrected chi connectivity index (χ3v) is 3.57. The molecule has 2 N–H and O–H groups in total. The molecule has 0 atom stereocenters. The van der Waals surface area contributed by atoms with Gasteiger partial charge in [0.05, 0.1) is 17.4 Å². The van der Waals surface area contributed by atoms with E-state index in [0.717, 1.165) is 5.69 Å². The lowest BCUT2D eigenvalue weighted by molar-refractivity contribution is 0.0697. The van der Waals surface area contributed by atoms with Crippen LogP contribution >= 0.6 is 23.2 Å². The van der Waals surface area contributed by atoms with Crippen LogP contribution in [0.5, 0.6) is 5.75 Å². The normalized spacial score (nSPS) is 10.2. The monoisotopic (exact) mass is 388 g/mol. The number of aromatic carboxylic acids is 1. The quantitative estimate of drug-likeness (QED) is 0.601. The summed E-state index contributed by atoms with van der Waals surface area (Å²) in [5.41, 5.74) is 1.56. The van der Waals surface area contributed by atoms with Crippen molar-refractivity contribution in [3.8, 4) is 5.75 Å². The molecule has 1 aromatic heterocycles. The van der Waals surface area contributed by atoms with Gasteiger partial charge in [0, 0.05) is 28.0 Å². The molecule has 0 aliphatic rings. The zero-order valence-corrected chi connectivity index (χ0v) is 14.9. The number of hydrogen-bond acceptors (Lipinski definition) is 4. The summed E-state index contributed by atoms with van der Waals surface area (Å²) in [6.45, 7) is 0. The van der Waals surface area contributed by atoms with E-state index in [0.29, 0.717) is 15.6 Å². The smallest absolute Gasteiger partial charge is 0.335 e. The molecular weight excluding hydrogens is 375 g/mol. The number of rotatable bonds is 3. The van der Waals surface area contributed by atoms with Gasteiger partial charge in [-0.3, -0.25) is 9.98 Å². The molecule has 0 aliphatic heterocycles. The van der Waals surface area contributed by atoms with Gasteiger partial charge in [-0.1, -0.05) is 23.2 Å². The highest BCUT2D eigenvalue weighted by Crippen LogP contribution is 2.20. The van der Waals surface area contributed by atoms with Crippen molar-refractivity contribution in [3.05, 3.63) is 88.2 Å². The minimum atomic E-state index is -0.934. The summed E-state index contributed by atoms with van der Waals surface area (Å²) in [6.07, 6.45) is 4.87. The Bertz CT molecular complexity index is 898. The molecule has 26 heavy (non-hydrogen) atoms. The number of halogens is 2. The van der Waals surface area contributed by atoms with Gasteiger partial charge in [0.25, 0.3) is 0 Å². The van der Waals surface area contributed by atoms with Crippen molar-refractivity contribution in [1.82, 2.24) is 4.98 Å². The Morgan fingerprint density at radius 3 is 2.35 bits per heavy atom. The molecule has 3 rings (SSSR count). The van der Waals surface area contributed by atoms with E-state index in [-0.39, 0.29) is 11.3 Å². The number of benzene rings is 2. The second-order valence-corrected chi connectivity index (χ2v) is 5.86. The van der Waals surface area contributed by atoms with Crippen molar-refractivity contribution in [3.63, 3.8) is 0 Å². The number of carboxylic acids is 1. The van der Waals surface area contributed by atoms with E-state index < -0.39 is 5.97 Å². The van der Waals surface area contributed by atoms with Gasteiger partial charge in [0.1, 0.15) is 5.75 Å². The van der Waals surface area contributed by atoms with E-state index in [1.807, 2.05) is 6.07 Å². The van der Waals surface area contributed by atoms with E-state index in [9.17, 15) is 9.90 Å². The highest BCUT2D eigenvalue weighted by Gasteiger charge is 1.99. The van der Waals surface area contributed by atoms with E-state index >= 15 is 0 Å². The van der Waals surface area contributed by atoms with Crippen molar-refractivity contribution in [2.24, 2.45) is 4.99 Å². The van der Waals surface area contributed by atoms with Gasteiger partial charge >= 0.3 is 5.97 Å². The van der Waals surface area contributed by atoms with Crippen molar-refractivity contribution < 1.29 is 15.0 Å². The molecule has 2 aromatic carbocycles. The van der Waals surface area contributed by atoms with Crippen LogP contribution in [0.25, 0.3) is 0 Å². The molecule has 0 unspecified atom stereocenters. The van der Waals surface area contributed by atoms with Gasteiger partial charge in [-0.2, -0.15) is 0 Å². The first kappa shape index (κ1) is 19.4. The summed E-state index contributed by atoms with van der Waals surface area (Å²) >= 11 is 11.3. The average molecular weight is 389 g/mol. The summed E-state index contributed by atoms with van der Waals surface area (Å²) in [5, 5.41) is 19.1. The minimum Gasteiger partial charge on any atom is -0.507 e. The van der Waals surface area contributed by atoms with Gasteiger partial charge in [0.15, 0.2) is 0 Å². The fraction of sp³-hybridized carbons (Fsp3) is 0. The highest BCUT2D eigenvalue weighted by atomic mass is 35.5. The number of aromatic nitrogens is 1. The third kappa shape index (κ3) is 6.20. The Labute approximate surface area is 160 Å². The number of nitrogens with zero attached hydrogens (tertiary/aromatic N) is 2. The van der Waals surface area contributed by atoms with Crippen LogP contribution < -0.4 is 0 Å². The Morgan fingerprint density at radius 2 is 1.73 bits per heavy atom. The van der Waals surface area contributed by atoms with Crippen LogP contribution in [0.1, 0.15) is 15.9 Å². The lowest BCUT2D eigenvalue weighted by atomic mass is 10.2. The Hall–Kier alpha value is -2.89. The number of aromatic hydroxyl groups is 1. The number of carbonyl (C=O) groups is 1. The maximum absolute atomic E-state index is 10.3. The molecule has 0 amide bonds. The van der Waals surface area contributed by atoms with Crippen LogP contribution in [0.4, 0.5) is 5.69 Å². The maximum atomic E-state index is 10.3. The second-order valence-electron chi connectivity index (χ2n) is 4.98. The zero-order chi connectivity index (χ0) is 18.9. The summed E-state index contributed by atoms with van der Waals surface area (Å²) < 4.78 is 0. The number of phenols is 1. The first-order valence-electron chi connectivity index (χ1n) is 7.37. The Kier molecular flexibility index (Phi) is 7.14. The van der Waals surface area contributed by atoms with Gasteiger partial charge in [-0.15, -0.1) is 0 Å². The summed E-state index contributed by atoms with van der Waals surface area (Å²) in [7, 11) is 0. The second kappa shape index (κ2) is 9.56. The first-order chi connectivity index (χ1) is 12.5. The molecule has 7 heteroatoms. The van der Waals surface area contributed by atoms with Crippen molar-refractivity contribution in [2.75, 3.05) is 0 Å². The molecule has 0 spiro atoms. The zero-order valence-electron chi connectivity index (χ0n) is 13.4. The van der Waals surface area contributed by atoms with Crippen LogP contribution in [0.15, 0.2) is 72.0 Å². The SMILES string of the molecule is O=C(O)c1ccc(Cl)cc1.Oc1ccc(Cl)cc1C=Nc1cccnc1. The van der Waals surface area contributed by atoms with E-state index in [1.54, 1.807) is 48.9 Å². The predicted molar refractivity (Wildman–Crippen MR) is 103 cm³/mol. The molecule has 0 saturated carbocycles. The van der Waals surface area contributed by atoms with Crippen LogP contribution in [0.3, 0.4) is 0 Å². The van der Waals surface area contributed by atoms with Gasteiger partial charge in [-0.25, -0.2) is 4.79 Å². The number of pyridine rings is 1. The van der Waals surface area contributed by atoms with Crippen molar-refractivity contribution in [2.45, 2.75) is 0 Å². The number of phenolic OH excluding ortho intramolecular Hbond substituents is 1. The van der Waals surface area contributed by atoms with Crippen molar-refractivity contribution in [1.29, 1.82) is 0 Å². The van der Waals surface area contributed by atoms with Gasteiger partial charge in [-0.05, 0) is 54.6 Å². The van der Waals surface area contributed by atoms with E-state index in [4.69, 9.17) is 28.3 Å². The molecule has 1 heterocycles. The fourth-order valence-corrected chi connectivity index (χ4v) is 2.10. The van der Waals surface area contributed by atoms with Crippen LogP contribution in [-0.2, 0) is 0 Å². The number of carboxylic acid groups (broad SMARTS) is 1. The summed E-state index contributed by atoms with van der Waals surface area (Å²) in [6, 6.07) is 14.4. The first-order valence-corrected chi connectivity index (χ1v) is 8.13. The molecule has 0 bridgehead atoms. The van der Waals surface area contributed by atoms with Crippen LogP contribution in [0, 0.1) is 0 Å². The topological polar surface area (TPSA) is 82.8 Å². The lowest BCUT2D eigenvalue weighted by Crippen LogP contribution is -1.94. The summed E-state index contributed by atoms with van der Waals surface area (Å²) in [4.78, 5) is 18.4. The number of aliphatic imine (C=N–C) groups is 1. The minimum absolute atomic E-state index is 0.150. The molecule has 0 aliphatic carbocycles. The largest absolute Gasteiger partial charge is 0.507 e. The Morgan fingerprint density at radius 1 is 1.04 bits per heavy atom. The molecule has 3 aromatic rings. The summed E-state index contributed by atoms with van der Waals surface area (Å²) in [5.74, 6) is -0.784. The molecular formula is C19H14Cl2N2O3. The fourth-order valence-electron chi connectivity index (χ4n) is 1.80. The van der Waals surface area contributed by atoms with Gasteiger partial charge in [0.2, 0.25) is 0 Å². The standard InChI is InChI=1S/C12H9ClN2O.C7H5ClO2/c13-10-3-4-12(16)9(6-10)7-15-11-2-1-5-14-8-11;8-6-3-1-5(2-4-6)7(9)10/h1-8,16H;1-4H,(H,9,10). The third-order valence-electron chi connectivity index (χ3n) is 3.08. The number of hydrogen-bond donors (Lipinski definition) is 2. The van der Waals surface area contributed by atoms with Gasteiger partial charge < -0.3 is 10.2 Å². The molecule has 0 radical (unpaired) electrons. The van der Waals surface area contributed by atoms with Crippen LogP contribution in [0.2, 0.25) is 10.0 Å². The average Bonchev–Trinajstić information content (AvgIpc) is 2.64. The van der Waals surface area contributed by atoms with Crippen molar-refractivity contribution >= 4 is 41.1 Å². The molecule has 0 fully saturated rings. The Balaban J connectivity index is 0.000000209. The van der Waals surface area contributed by atoms with E-state index in [2.05, 4.69) is 9.98 Å². The predicted octanol–water partition coefficient (Wildman–Crippen LogP) is 5.23. The van der Waals surface area contributed by atoms with Crippen LogP contribution in [-0.4, -0.2) is 27.4 Å². The molecule has 5 nitrogen and oxygen atoms in total. The highest BCUT2D eigenvalue weighted by molar-refractivity contribution is 6.31. The lowest BCUT2D eigenvalue weighted by Gasteiger charge is -1.98. The maximum Gasteiger partial charge on any atom is 0.335 e. The molecule has 0 saturated heterocycles. The van der Waals surface area contributed by atoms with E-state index in [1.165, 1.54) is 18.2 Å².